The van der Waals surface area contributed by atoms with E-state index in [1.807, 2.05) is 6.07 Å². The first kappa shape index (κ1) is 9.88. The monoisotopic (exact) mass is 194 g/mol. The summed E-state index contributed by atoms with van der Waals surface area (Å²) in [4.78, 5) is 3.95. The van der Waals surface area contributed by atoms with Gasteiger partial charge in [-0.15, -0.1) is 12.3 Å². The summed E-state index contributed by atoms with van der Waals surface area (Å²) in [5, 5.41) is 0.616. The maximum Gasteiger partial charge on any atom is 0.126 e. The van der Waals surface area contributed by atoms with E-state index in [2.05, 4.69) is 10.9 Å². The van der Waals surface area contributed by atoms with Gasteiger partial charge in [0.05, 0.1) is 5.02 Å². The second-order valence-electron chi connectivity index (χ2n) is 2.76. The van der Waals surface area contributed by atoms with Crippen molar-refractivity contribution in [3.05, 3.63) is 22.8 Å². The molecule has 0 saturated carbocycles. The molecule has 1 aromatic heterocycles. The number of nitrogen functional groups attached to an aromatic ring is 1. The van der Waals surface area contributed by atoms with Gasteiger partial charge in [0.15, 0.2) is 0 Å². The van der Waals surface area contributed by atoms with Crippen LogP contribution >= 0.6 is 11.6 Å². The maximum absolute atomic E-state index is 5.77. The number of aromatic nitrogens is 1. The molecule has 68 valence electrons. The van der Waals surface area contributed by atoms with Gasteiger partial charge in [0.2, 0.25) is 0 Å². The zero-order valence-electron chi connectivity index (χ0n) is 7.26. The Morgan fingerprint density at radius 3 is 3.08 bits per heavy atom. The lowest BCUT2D eigenvalue weighted by molar-refractivity contribution is 0.856. The molecule has 13 heavy (non-hydrogen) atoms. The first-order chi connectivity index (χ1) is 6.24. The Balaban J connectivity index is 2.65. The number of nitrogens with two attached hydrogens (primary N) is 1. The second kappa shape index (κ2) is 4.74. The predicted molar refractivity (Wildman–Crippen MR) is 55.4 cm³/mol. The van der Waals surface area contributed by atoms with Gasteiger partial charge >= 0.3 is 0 Å². The molecule has 1 heterocycles. The molecule has 0 unspecified atom stereocenters. The molecule has 0 saturated heterocycles. The number of pyridine rings is 1. The third-order valence-corrected chi connectivity index (χ3v) is 1.94. The van der Waals surface area contributed by atoms with Crippen molar-refractivity contribution < 1.29 is 0 Å². The Morgan fingerprint density at radius 2 is 2.38 bits per heavy atom. The highest BCUT2D eigenvalue weighted by molar-refractivity contribution is 6.30. The van der Waals surface area contributed by atoms with E-state index in [9.17, 15) is 0 Å². The summed E-state index contributed by atoms with van der Waals surface area (Å²) in [5.41, 5.74) is 6.63. The average molecular weight is 195 g/mol. The van der Waals surface area contributed by atoms with Crippen LogP contribution in [0.15, 0.2) is 12.3 Å². The van der Waals surface area contributed by atoms with Gasteiger partial charge < -0.3 is 5.73 Å². The van der Waals surface area contributed by atoms with Crippen LogP contribution in [0.5, 0.6) is 0 Å². The lowest BCUT2D eigenvalue weighted by Crippen LogP contribution is -1.97. The number of terminal acetylenes is 1. The Hall–Kier alpha value is -1.20. The maximum atomic E-state index is 5.77. The van der Waals surface area contributed by atoms with E-state index in [4.69, 9.17) is 23.8 Å². The fraction of sp³-hybridized carbons (Fsp3) is 0.300. The fourth-order valence-electron chi connectivity index (χ4n) is 1.07. The molecule has 0 aliphatic heterocycles. The van der Waals surface area contributed by atoms with Crippen molar-refractivity contribution in [1.82, 2.24) is 4.98 Å². The van der Waals surface area contributed by atoms with Crippen LogP contribution in [0.1, 0.15) is 18.4 Å². The Bertz CT molecular complexity index is 328. The normalized spacial score (nSPS) is 9.54. The molecule has 0 atom stereocenters. The molecule has 0 aliphatic carbocycles. The molecule has 0 amide bonds. The summed E-state index contributed by atoms with van der Waals surface area (Å²) in [6, 6.07) is 1.83. The molecular formula is C10H11ClN2. The number of anilines is 1. The molecule has 3 heteroatoms. The highest BCUT2D eigenvalue weighted by Gasteiger charge is 2.00. The van der Waals surface area contributed by atoms with Crippen LogP contribution in [0.2, 0.25) is 5.02 Å². The SMILES string of the molecule is C#CCCCc1cc(Cl)cnc1N. The van der Waals surface area contributed by atoms with E-state index >= 15 is 0 Å². The van der Waals surface area contributed by atoms with Crippen molar-refractivity contribution in [2.24, 2.45) is 0 Å². The van der Waals surface area contributed by atoms with Gasteiger partial charge in [-0.1, -0.05) is 11.6 Å². The van der Waals surface area contributed by atoms with Gasteiger partial charge in [0.1, 0.15) is 5.82 Å². The van der Waals surface area contributed by atoms with Gasteiger partial charge in [0, 0.05) is 12.6 Å². The van der Waals surface area contributed by atoms with Crippen molar-refractivity contribution >= 4 is 17.4 Å². The molecule has 0 spiro atoms. The summed E-state index contributed by atoms with van der Waals surface area (Å²) in [7, 11) is 0. The summed E-state index contributed by atoms with van der Waals surface area (Å²) in [6.45, 7) is 0. The molecule has 0 bridgehead atoms. The van der Waals surface area contributed by atoms with Gasteiger partial charge in [0.25, 0.3) is 0 Å². The lowest BCUT2D eigenvalue weighted by Gasteiger charge is -2.03. The summed E-state index contributed by atoms with van der Waals surface area (Å²) < 4.78 is 0. The van der Waals surface area contributed by atoms with E-state index in [1.165, 1.54) is 0 Å². The van der Waals surface area contributed by atoms with E-state index in [0.29, 0.717) is 10.8 Å². The fourth-order valence-corrected chi connectivity index (χ4v) is 1.25. The Morgan fingerprint density at radius 1 is 1.62 bits per heavy atom. The van der Waals surface area contributed by atoms with E-state index < -0.39 is 0 Å². The number of halogens is 1. The first-order valence-corrected chi connectivity index (χ1v) is 4.45. The molecule has 0 fully saturated rings. The van der Waals surface area contributed by atoms with E-state index in [-0.39, 0.29) is 0 Å². The zero-order valence-corrected chi connectivity index (χ0v) is 8.01. The number of unbranched alkanes of at least 4 members (excludes halogenated alkanes) is 1. The smallest absolute Gasteiger partial charge is 0.126 e. The Labute approximate surface area is 83.1 Å². The highest BCUT2D eigenvalue weighted by atomic mass is 35.5. The van der Waals surface area contributed by atoms with Crippen LogP contribution in [-0.4, -0.2) is 4.98 Å². The molecular weight excluding hydrogens is 184 g/mol. The minimum Gasteiger partial charge on any atom is -0.383 e. The van der Waals surface area contributed by atoms with Gasteiger partial charge in [-0.05, 0) is 24.5 Å². The highest BCUT2D eigenvalue weighted by Crippen LogP contribution is 2.16. The quantitative estimate of drug-likeness (QED) is 0.592. The average Bonchev–Trinajstić information content (AvgIpc) is 2.11. The summed E-state index contributed by atoms with van der Waals surface area (Å²) in [6.07, 6.45) is 9.19. The van der Waals surface area contributed by atoms with E-state index in [0.717, 1.165) is 24.8 Å². The standard InChI is InChI=1S/C10H11ClN2/c1-2-3-4-5-8-6-9(11)7-13-10(8)12/h1,6-7H,3-5H2,(H2,12,13). The number of rotatable bonds is 3. The van der Waals surface area contributed by atoms with Crippen molar-refractivity contribution in [3.63, 3.8) is 0 Å². The third kappa shape index (κ3) is 2.96. The second-order valence-corrected chi connectivity index (χ2v) is 3.19. The van der Waals surface area contributed by atoms with Crippen molar-refractivity contribution in [2.75, 3.05) is 5.73 Å². The van der Waals surface area contributed by atoms with Crippen LogP contribution in [0.4, 0.5) is 5.82 Å². The third-order valence-electron chi connectivity index (χ3n) is 1.74. The topological polar surface area (TPSA) is 38.9 Å². The lowest BCUT2D eigenvalue weighted by atomic mass is 10.1. The Kier molecular flexibility index (Phi) is 3.60. The molecule has 2 N–H and O–H groups in total. The number of hydrogen-bond donors (Lipinski definition) is 1. The van der Waals surface area contributed by atoms with Crippen molar-refractivity contribution in [3.8, 4) is 12.3 Å². The number of hydrogen-bond acceptors (Lipinski definition) is 2. The predicted octanol–water partition coefficient (Wildman–Crippen LogP) is 2.27. The van der Waals surface area contributed by atoms with Crippen LogP contribution in [0.3, 0.4) is 0 Å². The van der Waals surface area contributed by atoms with Crippen molar-refractivity contribution in [1.29, 1.82) is 0 Å². The first-order valence-electron chi connectivity index (χ1n) is 4.07. The zero-order chi connectivity index (χ0) is 9.68. The number of aryl methyl sites for hydroxylation is 1. The number of nitrogens with zero attached hydrogens (tertiary/aromatic N) is 1. The van der Waals surface area contributed by atoms with Gasteiger partial charge in [-0.2, -0.15) is 0 Å². The molecule has 1 aromatic rings. The summed E-state index contributed by atoms with van der Waals surface area (Å²) >= 11 is 5.77. The van der Waals surface area contributed by atoms with Gasteiger partial charge in [-0.25, -0.2) is 4.98 Å². The van der Waals surface area contributed by atoms with Crippen molar-refractivity contribution in [2.45, 2.75) is 19.3 Å². The molecule has 2 nitrogen and oxygen atoms in total. The molecule has 0 aliphatic rings. The molecule has 1 rings (SSSR count). The molecule has 0 aromatic carbocycles. The largest absolute Gasteiger partial charge is 0.383 e. The van der Waals surface area contributed by atoms with E-state index in [1.54, 1.807) is 6.20 Å². The summed E-state index contributed by atoms with van der Waals surface area (Å²) in [5.74, 6) is 3.12. The van der Waals surface area contributed by atoms with Crippen LogP contribution in [0, 0.1) is 12.3 Å². The van der Waals surface area contributed by atoms with Gasteiger partial charge in [-0.3, -0.25) is 0 Å². The van der Waals surface area contributed by atoms with Crippen LogP contribution in [-0.2, 0) is 6.42 Å². The molecule has 0 radical (unpaired) electrons. The minimum absolute atomic E-state index is 0.543. The van der Waals surface area contributed by atoms with Crippen LogP contribution < -0.4 is 5.73 Å². The minimum atomic E-state index is 0.543. The van der Waals surface area contributed by atoms with Crippen LogP contribution in [0.25, 0.3) is 0 Å².